The van der Waals surface area contributed by atoms with E-state index >= 15 is 0 Å². The van der Waals surface area contributed by atoms with Crippen molar-refractivity contribution in [3.8, 4) is 11.1 Å². The number of halogens is 2. The third-order valence-electron chi connectivity index (χ3n) is 11.5. The van der Waals surface area contributed by atoms with Gasteiger partial charge in [-0.05, 0) is 0 Å². The van der Waals surface area contributed by atoms with E-state index in [4.69, 9.17) is 4.21 Å². The molecule has 0 aliphatic heterocycles. The predicted molar refractivity (Wildman–Crippen MR) is 236 cm³/mol. The third-order valence-corrected chi connectivity index (χ3v) is 29.3. The van der Waals surface area contributed by atoms with Crippen molar-refractivity contribution in [1.82, 2.24) is 0 Å². The number of fused-ring (bicyclic) bond motifs is 3. The molecule has 0 heterocycles. The van der Waals surface area contributed by atoms with E-state index in [0.717, 1.165) is 12.8 Å². The van der Waals surface area contributed by atoms with Gasteiger partial charge < -0.3 is 0 Å². The van der Waals surface area contributed by atoms with Gasteiger partial charge in [0.05, 0.1) is 0 Å². The van der Waals surface area contributed by atoms with Crippen LogP contribution in [0.5, 0.6) is 0 Å². The molecule has 0 spiro atoms. The molecule has 6 rings (SSSR count). The van der Waals surface area contributed by atoms with E-state index in [-0.39, 0.29) is 21.7 Å². The van der Waals surface area contributed by atoms with Gasteiger partial charge in [0, 0.05) is 0 Å². The Morgan fingerprint density at radius 2 is 1.04 bits per heavy atom. The Balaban J connectivity index is 1.93. The van der Waals surface area contributed by atoms with Gasteiger partial charge in [0.1, 0.15) is 0 Å². The topological polar surface area (TPSA) is 0 Å². The van der Waals surface area contributed by atoms with Gasteiger partial charge in [-0.1, -0.05) is 0 Å². The molecule has 262 valence electrons. The third kappa shape index (κ3) is 6.13. The maximum absolute atomic E-state index is 5.90. The zero-order valence-electron chi connectivity index (χ0n) is 32.5. The van der Waals surface area contributed by atoms with Crippen LogP contribution in [0.2, 0.25) is 0 Å². The van der Waals surface area contributed by atoms with Crippen LogP contribution in [-0.2, 0) is 46.4 Å². The first kappa shape index (κ1) is 38.3. The first-order valence-electron chi connectivity index (χ1n) is 18.3. The molecule has 50 heavy (non-hydrogen) atoms. The van der Waals surface area contributed by atoms with E-state index < -0.39 is 18.3 Å². The molecule has 0 saturated heterocycles. The van der Waals surface area contributed by atoms with Crippen molar-refractivity contribution in [3.63, 3.8) is 0 Å². The van der Waals surface area contributed by atoms with Crippen LogP contribution in [0.3, 0.4) is 0 Å². The molecule has 2 aliphatic rings. The maximum atomic E-state index is 5.90. The fourth-order valence-corrected chi connectivity index (χ4v) is 26.4. The van der Waals surface area contributed by atoms with E-state index in [0.29, 0.717) is 0 Å². The standard InChI is InChI=1S/C29H41.2C6H4I.C5H5.CH2.Zr/c1-26(2,3)22-14-18-13-19-15-23(27(4,5)6)25(29(10,11)12)17-21(19)20(18)16-24(22)28(7,8)9;2*7-6-4-2-1-3-5-6;1-2-4-5-3-1;;/h14,16-17H,13H2,1-12H3;2*2-5H;1-3H,4H2;1H2;. The fourth-order valence-electron chi connectivity index (χ4n) is 9.08. The molecule has 2 aliphatic carbocycles. The molecule has 0 aromatic heterocycles. The number of hydrogen-bond donors (Lipinski definition) is 0. The van der Waals surface area contributed by atoms with Gasteiger partial charge >= 0.3 is 335 Å². The minimum atomic E-state index is -5.02. The van der Waals surface area contributed by atoms with Crippen molar-refractivity contribution in [2.75, 3.05) is 0 Å². The van der Waals surface area contributed by atoms with E-state index in [1.54, 1.807) is 3.27 Å². The van der Waals surface area contributed by atoms with Gasteiger partial charge in [-0.2, -0.15) is 0 Å². The zero-order valence-corrected chi connectivity index (χ0v) is 39.2. The van der Waals surface area contributed by atoms with Crippen LogP contribution in [0.15, 0.2) is 88.2 Å². The summed E-state index contributed by atoms with van der Waals surface area (Å²) in [6, 6.07) is 26.9. The molecule has 0 atom stereocenters. The van der Waals surface area contributed by atoms with Gasteiger partial charge in [0.25, 0.3) is 0 Å². The molecule has 0 saturated carbocycles. The van der Waals surface area contributed by atoms with Crippen molar-refractivity contribution in [2.45, 2.75) is 118 Å². The quantitative estimate of drug-likeness (QED) is 0.158. The van der Waals surface area contributed by atoms with Gasteiger partial charge in [-0.3, -0.25) is 0 Å². The number of rotatable bonds is 4. The Morgan fingerprint density at radius 3 is 1.46 bits per heavy atom. The first-order valence-corrected chi connectivity index (χ1v) is 27.1. The molecule has 0 fully saturated rings. The van der Waals surface area contributed by atoms with Crippen LogP contribution in [0.4, 0.5) is 0 Å². The Labute approximate surface area is 331 Å². The van der Waals surface area contributed by atoms with Gasteiger partial charge in [0.2, 0.25) is 0 Å². The minimum absolute atomic E-state index is 0.0284. The second-order valence-electron chi connectivity index (χ2n) is 19.2. The summed E-state index contributed by atoms with van der Waals surface area (Å²) in [5, 5.41) is 0. The van der Waals surface area contributed by atoms with Crippen molar-refractivity contribution in [1.29, 1.82) is 0 Å². The summed E-state index contributed by atoms with van der Waals surface area (Å²) in [5.74, 6) is 0. The summed E-state index contributed by atoms with van der Waals surface area (Å²) in [7, 11) is 0. The fraction of sp³-hybridized carbons (Fsp3) is 0.383. The van der Waals surface area contributed by atoms with Crippen LogP contribution in [-0.4, -0.2) is 4.21 Å². The van der Waals surface area contributed by atoms with Crippen LogP contribution < -0.4 is 9.81 Å². The molecule has 0 radical (unpaired) electrons. The van der Waals surface area contributed by atoms with Crippen molar-refractivity contribution >= 4 is 59.2 Å². The normalized spacial score (nSPS) is 15.3. The molecule has 0 nitrogen and oxygen atoms in total. The molecule has 0 N–H and O–H groups in total. The Kier molecular flexibility index (Phi) is 9.64. The molecular weight excluding hydrogens is 910 g/mol. The van der Waals surface area contributed by atoms with E-state index in [9.17, 15) is 0 Å². The van der Waals surface area contributed by atoms with Crippen LogP contribution in [0.1, 0.15) is 123 Å². The summed E-state index contributed by atoms with van der Waals surface area (Å²) in [6.07, 6.45) is 9.03. The first-order chi connectivity index (χ1) is 23.0. The van der Waals surface area contributed by atoms with E-state index in [1.807, 2.05) is 0 Å². The molecule has 4 aromatic rings. The van der Waals surface area contributed by atoms with Gasteiger partial charge in [-0.25, -0.2) is 0 Å². The summed E-state index contributed by atoms with van der Waals surface area (Å²) >= 11 is -0.0781. The SMILES string of the molecule is [CH2]=[Zr]([C]1=CC=CC1)([c]1ccc(I)cc1)([c]1ccc(I)cc1)[c]1c2c(cc(C(C)(C)C)c1C(C)(C)C)-c1cc(C(C)(C)C)c(C(C)(C)C)cc1C2. The van der Waals surface area contributed by atoms with Crippen molar-refractivity contribution in [3.05, 3.63) is 129 Å². The van der Waals surface area contributed by atoms with Crippen LogP contribution in [0, 0.1) is 7.14 Å². The van der Waals surface area contributed by atoms with Crippen molar-refractivity contribution < 1.29 is 18.3 Å². The number of benzene rings is 4. The molecule has 0 bridgehead atoms. The Morgan fingerprint density at radius 1 is 0.580 bits per heavy atom. The second kappa shape index (κ2) is 12.6. The van der Waals surface area contributed by atoms with Crippen molar-refractivity contribution in [2.24, 2.45) is 0 Å². The molecule has 4 aromatic carbocycles. The van der Waals surface area contributed by atoms with Crippen LogP contribution >= 0.6 is 45.2 Å². The Hall–Kier alpha value is -1.43. The number of allylic oxidation sites excluding steroid dienone is 4. The molecule has 0 unspecified atom stereocenters. The summed E-state index contributed by atoms with van der Waals surface area (Å²) in [4.78, 5) is 0. The average Bonchev–Trinajstić information content (AvgIpc) is 3.67. The summed E-state index contributed by atoms with van der Waals surface area (Å²) in [5.41, 5.74) is 11.7. The summed E-state index contributed by atoms with van der Waals surface area (Å²) < 4.78 is 14.4. The van der Waals surface area contributed by atoms with Gasteiger partial charge in [0.15, 0.2) is 0 Å². The van der Waals surface area contributed by atoms with E-state index in [1.165, 1.54) is 61.5 Å². The Bertz CT molecular complexity index is 2080. The molecule has 0 amide bonds. The molecule has 3 heteroatoms. The average molecular weight is 966 g/mol. The monoisotopic (exact) mass is 964 g/mol. The van der Waals surface area contributed by atoms with Crippen LogP contribution in [0.25, 0.3) is 11.1 Å². The number of hydrogen-bond acceptors (Lipinski definition) is 0. The second-order valence-corrected chi connectivity index (χ2v) is 34.5. The predicted octanol–water partition coefficient (Wildman–Crippen LogP) is 11.9. The van der Waals surface area contributed by atoms with E-state index in [2.05, 4.69) is 213 Å². The summed E-state index contributed by atoms with van der Waals surface area (Å²) in [6.45, 7) is 28.9. The zero-order chi connectivity index (χ0) is 36.8. The van der Waals surface area contributed by atoms with Gasteiger partial charge in [-0.15, -0.1) is 0 Å². The molecular formula is C47H56I2Zr.